The van der Waals surface area contributed by atoms with Gasteiger partial charge in [-0.25, -0.2) is 0 Å². The smallest absolute Gasteiger partial charge is 0.161 e. The van der Waals surface area contributed by atoms with Gasteiger partial charge in [-0.1, -0.05) is 13.0 Å². The molecule has 0 amide bonds. The second kappa shape index (κ2) is 0.934. The molecule has 1 unspecified atom stereocenters. The molecule has 1 aliphatic carbocycles. The highest BCUT2D eigenvalue weighted by Gasteiger charge is 2.12. The zero-order valence-corrected chi connectivity index (χ0v) is 3.64. The number of carbonyl (C=O) groups is 1. The predicted octanol–water partition coefficient (Wildman–Crippen LogP) is 0.761. The van der Waals surface area contributed by atoms with Crippen LogP contribution in [-0.4, -0.2) is 5.78 Å². The normalized spacial score (nSPS) is 30.2. The topological polar surface area (TPSA) is 17.1 Å². The summed E-state index contributed by atoms with van der Waals surface area (Å²) in [7, 11) is 0. The first-order valence-corrected chi connectivity index (χ1v) is 2.03. The van der Waals surface area contributed by atoms with Gasteiger partial charge in [0.15, 0.2) is 5.78 Å². The van der Waals surface area contributed by atoms with Crippen molar-refractivity contribution in [2.24, 2.45) is 5.92 Å². The lowest BCUT2D eigenvalue weighted by Crippen LogP contribution is -2.12. The lowest BCUT2D eigenvalue weighted by Gasteiger charge is -2.06. The van der Waals surface area contributed by atoms with Gasteiger partial charge in [-0.05, 0) is 6.08 Å². The standard InChI is InChI=1S/C5H6O/c1-4-2-3-5(4)6/h2-4H,1H3. The number of allylic oxidation sites excluding steroid dienone is 2. The van der Waals surface area contributed by atoms with Crippen molar-refractivity contribution in [3.8, 4) is 0 Å². The van der Waals surface area contributed by atoms with Crippen molar-refractivity contribution >= 4 is 5.78 Å². The summed E-state index contributed by atoms with van der Waals surface area (Å²) >= 11 is 0. The average molecular weight is 82.1 g/mol. The SMILES string of the molecule is CC1C=CC1=O. The van der Waals surface area contributed by atoms with Gasteiger partial charge in [0.25, 0.3) is 0 Å². The Labute approximate surface area is 36.7 Å². The van der Waals surface area contributed by atoms with Crippen molar-refractivity contribution in [2.45, 2.75) is 6.92 Å². The Hall–Kier alpha value is -0.590. The van der Waals surface area contributed by atoms with Crippen molar-refractivity contribution < 1.29 is 4.79 Å². The van der Waals surface area contributed by atoms with Crippen LogP contribution in [0.25, 0.3) is 0 Å². The monoisotopic (exact) mass is 82.0 g/mol. The number of rotatable bonds is 0. The van der Waals surface area contributed by atoms with Crippen LogP contribution in [0.15, 0.2) is 12.2 Å². The molecular weight excluding hydrogens is 76.1 g/mol. The van der Waals surface area contributed by atoms with E-state index in [2.05, 4.69) is 0 Å². The van der Waals surface area contributed by atoms with Gasteiger partial charge in [0.1, 0.15) is 0 Å². The van der Waals surface area contributed by atoms with Crippen LogP contribution >= 0.6 is 0 Å². The molecular formula is C5H6O. The van der Waals surface area contributed by atoms with Gasteiger partial charge in [0.05, 0.1) is 0 Å². The van der Waals surface area contributed by atoms with Gasteiger partial charge < -0.3 is 0 Å². The Morgan fingerprint density at radius 3 is 2.33 bits per heavy atom. The second-order valence-corrected chi connectivity index (χ2v) is 1.55. The van der Waals surface area contributed by atoms with E-state index in [4.69, 9.17) is 0 Å². The predicted molar refractivity (Wildman–Crippen MR) is 23.3 cm³/mol. The molecule has 1 rings (SSSR count). The van der Waals surface area contributed by atoms with Gasteiger partial charge in [-0.15, -0.1) is 0 Å². The second-order valence-electron chi connectivity index (χ2n) is 1.55. The molecule has 0 aromatic carbocycles. The Morgan fingerprint density at radius 1 is 1.83 bits per heavy atom. The molecule has 0 fully saturated rings. The molecule has 0 radical (unpaired) electrons. The summed E-state index contributed by atoms with van der Waals surface area (Å²) in [4.78, 5) is 10.1. The largest absolute Gasteiger partial charge is 0.294 e. The molecule has 0 saturated heterocycles. The molecule has 0 aliphatic heterocycles. The Balaban J connectivity index is 2.67. The molecule has 0 bridgehead atoms. The van der Waals surface area contributed by atoms with Crippen LogP contribution < -0.4 is 0 Å². The quantitative estimate of drug-likeness (QED) is 0.421. The van der Waals surface area contributed by atoms with Crippen LogP contribution in [-0.2, 0) is 4.79 Å². The third-order valence-corrected chi connectivity index (χ3v) is 0.998. The van der Waals surface area contributed by atoms with Crippen molar-refractivity contribution in [3.05, 3.63) is 12.2 Å². The maximum atomic E-state index is 10.1. The summed E-state index contributed by atoms with van der Waals surface area (Å²) < 4.78 is 0. The average Bonchev–Trinajstić information content (AvgIpc) is 1.61. The highest BCUT2D eigenvalue weighted by Crippen LogP contribution is 2.08. The van der Waals surface area contributed by atoms with Crippen LogP contribution in [0.4, 0.5) is 0 Å². The summed E-state index contributed by atoms with van der Waals surface area (Å²) in [5, 5.41) is 0. The van der Waals surface area contributed by atoms with Crippen LogP contribution in [0, 0.1) is 5.92 Å². The summed E-state index contributed by atoms with van der Waals surface area (Å²) in [6.07, 6.45) is 3.49. The number of carbonyl (C=O) groups excluding carboxylic acids is 1. The molecule has 0 saturated carbocycles. The molecule has 0 aromatic rings. The molecule has 1 nitrogen and oxygen atoms in total. The Kier molecular flexibility index (Phi) is 0.560. The summed E-state index contributed by atoms with van der Waals surface area (Å²) in [5.74, 6) is 0.472. The van der Waals surface area contributed by atoms with Gasteiger partial charge in [0, 0.05) is 5.92 Å². The molecule has 0 heterocycles. The zero-order chi connectivity index (χ0) is 4.57. The van der Waals surface area contributed by atoms with Gasteiger partial charge >= 0.3 is 0 Å². The van der Waals surface area contributed by atoms with Crippen molar-refractivity contribution in [2.75, 3.05) is 0 Å². The van der Waals surface area contributed by atoms with E-state index in [1.807, 2.05) is 13.0 Å². The summed E-state index contributed by atoms with van der Waals surface area (Å²) in [5.41, 5.74) is 0. The molecule has 0 aromatic heterocycles. The Bertz CT molecular complexity index is 103. The maximum absolute atomic E-state index is 10.1. The summed E-state index contributed by atoms with van der Waals surface area (Å²) in [6.45, 7) is 1.89. The fourth-order valence-corrected chi connectivity index (χ4v) is 0.367. The summed E-state index contributed by atoms with van der Waals surface area (Å²) in [6, 6.07) is 0. The van der Waals surface area contributed by atoms with Crippen LogP contribution in [0.2, 0.25) is 0 Å². The maximum Gasteiger partial charge on any atom is 0.161 e. The van der Waals surface area contributed by atoms with E-state index in [-0.39, 0.29) is 11.7 Å². The number of ketones is 1. The third-order valence-electron chi connectivity index (χ3n) is 0.998. The molecule has 0 N–H and O–H groups in total. The minimum Gasteiger partial charge on any atom is -0.294 e. The van der Waals surface area contributed by atoms with Crippen molar-refractivity contribution in [1.29, 1.82) is 0 Å². The molecule has 0 spiro atoms. The minimum absolute atomic E-state index is 0.213. The number of hydrogen-bond acceptors (Lipinski definition) is 1. The van der Waals surface area contributed by atoms with Crippen molar-refractivity contribution in [1.82, 2.24) is 0 Å². The van der Waals surface area contributed by atoms with E-state index in [0.29, 0.717) is 0 Å². The van der Waals surface area contributed by atoms with E-state index in [1.54, 1.807) is 6.08 Å². The minimum atomic E-state index is 0.213. The lowest BCUT2D eigenvalue weighted by molar-refractivity contribution is -0.118. The van der Waals surface area contributed by atoms with Gasteiger partial charge in [-0.2, -0.15) is 0 Å². The van der Waals surface area contributed by atoms with Crippen LogP contribution in [0.5, 0.6) is 0 Å². The first kappa shape index (κ1) is 3.59. The fourth-order valence-electron chi connectivity index (χ4n) is 0.367. The highest BCUT2D eigenvalue weighted by molar-refractivity contribution is 5.98. The highest BCUT2D eigenvalue weighted by atomic mass is 16.1. The van der Waals surface area contributed by atoms with E-state index >= 15 is 0 Å². The van der Waals surface area contributed by atoms with E-state index in [9.17, 15) is 4.79 Å². The fraction of sp³-hybridized carbons (Fsp3) is 0.400. The molecule has 1 heteroatoms. The van der Waals surface area contributed by atoms with E-state index in [0.717, 1.165) is 0 Å². The van der Waals surface area contributed by atoms with Crippen molar-refractivity contribution in [3.63, 3.8) is 0 Å². The van der Waals surface area contributed by atoms with Crippen LogP contribution in [0.1, 0.15) is 6.92 Å². The van der Waals surface area contributed by atoms with Gasteiger partial charge in [0.2, 0.25) is 0 Å². The van der Waals surface area contributed by atoms with E-state index < -0.39 is 0 Å². The number of hydrogen-bond donors (Lipinski definition) is 0. The molecule has 1 aliphatic rings. The van der Waals surface area contributed by atoms with Gasteiger partial charge in [-0.3, -0.25) is 4.79 Å². The Morgan fingerprint density at radius 2 is 2.33 bits per heavy atom. The molecule has 32 valence electrons. The van der Waals surface area contributed by atoms with E-state index in [1.165, 1.54) is 0 Å². The molecule has 1 atom stereocenters. The third kappa shape index (κ3) is 0.280. The zero-order valence-electron chi connectivity index (χ0n) is 3.64. The first-order chi connectivity index (χ1) is 2.80. The lowest BCUT2D eigenvalue weighted by atomic mass is 9.96. The van der Waals surface area contributed by atoms with Crippen LogP contribution in [0.3, 0.4) is 0 Å². The first-order valence-electron chi connectivity index (χ1n) is 2.03. The molecule has 6 heavy (non-hydrogen) atoms.